The van der Waals surface area contributed by atoms with Gasteiger partial charge in [0.15, 0.2) is 17.8 Å². The number of hydrogen-bond donors (Lipinski definition) is 1. The van der Waals surface area contributed by atoms with E-state index in [0.29, 0.717) is 19.0 Å². The van der Waals surface area contributed by atoms with Gasteiger partial charge in [-0.2, -0.15) is 0 Å². The monoisotopic (exact) mass is 224 g/mol. The Hall–Kier alpha value is -1.26. The fourth-order valence-electron chi connectivity index (χ4n) is 1.64. The van der Waals surface area contributed by atoms with Gasteiger partial charge in [-0.05, 0) is 26.0 Å². The van der Waals surface area contributed by atoms with Crippen LogP contribution in [0.15, 0.2) is 18.2 Å². The summed E-state index contributed by atoms with van der Waals surface area (Å²) in [5.41, 5.74) is 0.866. The first-order valence-corrected chi connectivity index (χ1v) is 5.43. The van der Waals surface area contributed by atoms with Crippen molar-refractivity contribution in [2.45, 2.75) is 26.2 Å². The van der Waals surface area contributed by atoms with E-state index < -0.39 is 0 Å². The molecular weight excluding hydrogens is 208 g/mol. The minimum Gasteiger partial charge on any atom is -0.504 e. The third-order valence-electron chi connectivity index (χ3n) is 2.39. The Morgan fingerprint density at radius 1 is 1.50 bits per heavy atom. The molecule has 2 rings (SSSR count). The largest absolute Gasteiger partial charge is 0.504 e. The summed E-state index contributed by atoms with van der Waals surface area (Å²) < 4.78 is 16.3. The molecule has 0 amide bonds. The minimum atomic E-state index is -0.352. The van der Waals surface area contributed by atoms with Gasteiger partial charge in [-0.15, -0.1) is 0 Å². The van der Waals surface area contributed by atoms with Crippen LogP contribution in [-0.4, -0.2) is 24.4 Å². The topological polar surface area (TPSA) is 47.9 Å². The average Bonchev–Trinajstić information content (AvgIpc) is 2.69. The fourth-order valence-corrected chi connectivity index (χ4v) is 1.64. The maximum Gasteiger partial charge on any atom is 0.184 e. The van der Waals surface area contributed by atoms with Crippen LogP contribution >= 0.6 is 0 Å². The van der Waals surface area contributed by atoms with Gasteiger partial charge in [0.2, 0.25) is 0 Å². The maximum absolute atomic E-state index is 9.55. The normalized spacial score (nSPS) is 24.6. The molecule has 0 aromatic heterocycles. The lowest BCUT2D eigenvalue weighted by molar-refractivity contribution is -0.0573. The van der Waals surface area contributed by atoms with Crippen LogP contribution in [0.4, 0.5) is 0 Å². The molecule has 0 unspecified atom stereocenters. The summed E-state index contributed by atoms with van der Waals surface area (Å²) in [4.78, 5) is 0. The van der Waals surface area contributed by atoms with E-state index >= 15 is 0 Å². The Labute approximate surface area is 94.8 Å². The lowest BCUT2D eigenvalue weighted by Crippen LogP contribution is -2.03. The highest BCUT2D eigenvalue weighted by atomic mass is 16.7. The number of hydrogen-bond acceptors (Lipinski definition) is 4. The van der Waals surface area contributed by atoms with Crippen molar-refractivity contribution in [1.82, 2.24) is 0 Å². The van der Waals surface area contributed by atoms with Gasteiger partial charge in [-0.3, -0.25) is 0 Å². The quantitative estimate of drug-likeness (QED) is 0.855. The maximum atomic E-state index is 9.55. The van der Waals surface area contributed by atoms with Gasteiger partial charge >= 0.3 is 0 Å². The van der Waals surface area contributed by atoms with Crippen LogP contribution in [0.5, 0.6) is 11.5 Å². The number of phenols is 1. The minimum absolute atomic E-state index is 0.106. The summed E-state index contributed by atoms with van der Waals surface area (Å²) in [5.74, 6) is 0.600. The Morgan fingerprint density at radius 2 is 2.31 bits per heavy atom. The summed E-state index contributed by atoms with van der Waals surface area (Å²) in [7, 11) is 0. The summed E-state index contributed by atoms with van der Waals surface area (Å²) >= 11 is 0. The van der Waals surface area contributed by atoms with Crippen molar-refractivity contribution in [2.24, 2.45) is 0 Å². The van der Waals surface area contributed by atoms with Gasteiger partial charge in [-0.1, -0.05) is 6.07 Å². The molecule has 1 saturated heterocycles. The molecule has 1 aromatic carbocycles. The Balaban J connectivity index is 2.18. The van der Waals surface area contributed by atoms with Crippen molar-refractivity contribution in [2.75, 3.05) is 13.2 Å². The molecule has 0 bridgehead atoms. The molecule has 88 valence electrons. The molecule has 2 atom stereocenters. The first-order valence-electron chi connectivity index (χ1n) is 5.43. The third-order valence-corrected chi connectivity index (χ3v) is 2.39. The van der Waals surface area contributed by atoms with Crippen molar-refractivity contribution in [3.05, 3.63) is 23.8 Å². The third kappa shape index (κ3) is 2.28. The summed E-state index contributed by atoms with van der Waals surface area (Å²) in [6.07, 6.45) is -0.246. The van der Waals surface area contributed by atoms with Gasteiger partial charge in [0.1, 0.15) is 0 Å². The van der Waals surface area contributed by atoms with Gasteiger partial charge in [0.05, 0.1) is 19.3 Å². The number of phenolic OH excluding ortho intramolecular Hbond substituents is 1. The SMILES string of the molecule is CCOc1cc([C@H]2OC[C@H](C)O2)ccc1O. The zero-order valence-corrected chi connectivity index (χ0v) is 9.47. The Kier molecular flexibility index (Phi) is 3.31. The van der Waals surface area contributed by atoms with E-state index in [4.69, 9.17) is 14.2 Å². The predicted octanol–water partition coefficient (Wildman–Crippen LogP) is 2.22. The van der Waals surface area contributed by atoms with Crippen LogP contribution in [0.25, 0.3) is 0 Å². The molecule has 1 aliphatic rings. The van der Waals surface area contributed by atoms with Gasteiger partial charge < -0.3 is 19.3 Å². The van der Waals surface area contributed by atoms with E-state index in [0.717, 1.165) is 5.56 Å². The lowest BCUT2D eigenvalue weighted by Gasteiger charge is -2.12. The highest BCUT2D eigenvalue weighted by Gasteiger charge is 2.24. The van der Waals surface area contributed by atoms with Gasteiger partial charge in [0.25, 0.3) is 0 Å². The average molecular weight is 224 g/mol. The van der Waals surface area contributed by atoms with Gasteiger partial charge in [-0.25, -0.2) is 0 Å². The summed E-state index contributed by atoms with van der Waals surface area (Å²) in [6, 6.07) is 5.12. The van der Waals surface area contributed by atoms with E-state index in [2.05, 4.69) is 0 Å². The molecule has 1 N–H and O–H groups in total. The smallest absolute Gasteiger partial charge is 0.184 e. The standard InChI is InChI=1S/C12H16O4/c1-3-14-11-6-9(4-5-10(11)13)12-15-7-8(2)16-12/h4-6,8,12-13H,3,7H2,1-2H3/t8-,12-/m0/s1. The van der Waals surface area contributed by atoms with E-state index in [9.17, 15) is 5.11 Å². The molecule has 1 heterocycles. The van der Waals surface area contributed by atoms with Crippen LogP contribution in [0, 0.1) is 0 Å². The zero-order valence-electron chi connectivity index (χ0n) is 9.47. The molecule has 0 aliphatic carbocycles. The van der Waals surface area contributed by atoms with E-state index in [1.807, 2.05) is 13.8 Å². The fraction of sp³-hybridized carbons (Fsp3) is 0.500. The Bertz CT molecular complexity index is 364. The number of rotatable bonds is 3. The van der Waals surface area contributed by atoms with Crippen molar-refractivity contribution < 1.29 is 19.3 Å². The van der Waals surface area contributed by atoms with Crippen LogP contribution in [0.3, 0.4) is 0 Å². The van der Waals surface area contributed by atoms with Crippen LogP contribution < -0.4 is 4.74 Å². The molecule has 0 saturated carbocycles. The molecule has 16 heavy (non-hydrogen) atoms. The highest BCUT2D eigenvalue weighted by Crippen LogP contribution is 2.33. The summed E-state index contributed by atoms with van der Waals surface area (Å²) in [5, 5.41) is 9.55. The van der Waals surface area contributed by atoms with Gasteiger partial charge in [0, 0.05) is 5.56 Å². The first kappa shape index (κ1) is 11.2. The number of aromatic hydroxyl groups is 1. The Morgan fingerprint density at radius 3 is 2.94 bits per heavy atom. The zero-order chi connectivity index (χ0) is 11.5. The molecule has 1 fully saturated rings. The molecule has 1 aliphatic heterocycles. The van der Waals surface area contributed by atoms with E-state index in [1.165, 1.54) is 0 Å². The molecule has 1 aromatic rings. The van der Waals surface area contributed by atoms with Crippen LogP contribution in [0.1, 0.15) is 25.7 Å². The highest BCUT2D eigenvalue weighted by molar-refractivity contribution is 5.42. The van der Waals surface area contributed by atoms with Crippen LogP contribution in [0.2, 0.25) is 0 Å². The second-order valence-electron chi connectivity index (χ2n) is 3.77. The molecule has 0 spiro atoms. The first-order chi connectivity index (χ1) is 7.70. The molecule has 4 nitrogen and oxygen atoms in total. The summed E-state index contributed by atoms with van der Waals surface area (Å²) in [6.45, 7) is 4.94. The molecule has 0 radical (unpaired) electrons. The second kappa shape index (κ2) is 4.72. The second-order valence-corrected chi connectivity index (χ2v) is 3.77. The van der Waals surface area contributed by atoms with Crippen LogP contribution in [-0.2, 0) is 9.47 Å². The van der Waals surface area contributed by atoms with Crippen molar-refractivity contribution in [1.29, 1.82) is 0 Å². The van der Waals surface area contributed by atoms with E-state index in [1.54, 1.807) is 18.2 Å². The number of benzene rings is 1. The molecular formula is C12H16O4. The lowest BCUT2D eigenvalue weighted by atomic mass is 10.2. The number of ether oxygens (including phenoxy) is 3. The van der Waals surface area contributed by atoms with Crippen molar-refractivity contribution in [3.8, 4) is 11.5 Å². The van der Waals surface area contributed by atoms with Crippen molar-refractivity contribution in [3.63, 3.8) is 0 Å². The van der Waals surface area contributed by atoms with E-state index in [-0.39, 0.29) is 18.1 Å². The van der Waals surface area contributed by atoms with Crippen molar-refractivity contribution >= 4 is 0 Å². The molecule has 4 heteroatoms. The predicted molar refractivity (Wildman–Crippen MR) is 58.5 cm³/mol.